The summed E-state index contributed by atoms with van der Waals surface area (Å²) in [5.74, 6) is 0.0208. The Morgan fingerprint density at radius 2 is 2.17 bits per heavy atom. The Hall–Kier alpha value is -1.84. The molecule has 0 aliphatic heterocycles. The molecule has 2 rings (SSSR count). The van der Waals surface area contributed by atoms with Gasteiger partial charge in [0.05, 0.1) is 17.6 Å². The molecule has 0 aliphatic rings. The van der Waals surface area contributed by atoms with Gasteiger partial charge in [0.2, 0.25) is 5.82 Å². The lowest BCUT2D eigenvalue weighted by Gasteiger charge is -2.12. The van der Waals surface area contributed by atoms with Crippen LogP contribution in [0.5, 0.6) is 0 Å². The Morgan fingerprint density at radius 1 is 1.44 bits per heavy atom. The third-order valence-corrected chi connectivity index (χ3v) is 2.82. The van der Waals surface area contributed by atoms with Crippen LogP contribution in [0.15, 0.2) is 18.2 Å². The molecule has 1 aromatic carbocycles. The molecule has 0 saturated heterocycles. The minimum atomic E-state index is -0.361. The summed E-state index contributed by atoms with van der Waals surface area (Å²) in [6.07, 6.45) is 0. The number of benzene rings is 1. The van der Waals surface area contributed by atoms with Gasteiger partial charge in [0, 0.05) is 6.04 Å². The van der Waals surface area contributed by atoms with E-state index in [4.69, 9.17) is 4.74 Å². The molecular formula is C14H18N2O2. The van der Waals surface area contributed by atoms with Gasteiger partial charge >= 0.3 is 5.97 Å². The third-order valence-electron chi connectivity index (χ3n) is 2.82. The topological polar surface area (TPSA) is 44.1 Å². The van der Waals surface area contributed by atoms with Crippen molar-refractivity contribution in [3.8, 4) is 0 Å². The number of hydrogen-bond donors (Lipinski definition) is 0. The fraction of sp³-hybridized carbons (Fsp3) is 0.429. The van der Waals surface area contributed by atoms with Crippen molar-refractivity contribution in [2.24, 2.45) is 0 Å². The predicted molar refractivity (Wildman–Crippen MR) is 70.8 cm³/mol. The van der Waals surface area contributed by atoms with Gasteiger partial charge < -0.3 is 9.30 Å². The van der Waals surface area contributed by atoms with Gasteiger partial charge in [0.25, 0.3) is 0 Å². The maximum absolute atomic E-state index is 11.9. The maximum atomic E-state index is 11.9. The normalized spacial score (nSPS) is 11.2. The van der Waals surface area contributed by atoms with Crippen LogP contribution in [0.1, 0.15) is 43.0 Å². The van der Waals surface area contributed by atoms with E-state index in [1.165, 1.54) is 0 Å². The molecule has 0 bridgehead atoms. The Balaban J connectivity index is 2.64. The van der Waals surface area contributed by atoms with E-state index >= 15 is 0 Å². The first-order valence-electron chi connectivity index (χ1n) is 6.20. The van der Waals surface area contributed by atoms with Crippen molar-refractivity contribution < 1.29 is 9.53 Å². The highest BCUT2D eigenvalue weighted by atomic mass is 16.5. The highest BCUT2D eigenvalue weighted by Gasteiger charge is 2.20. The fourth-order valence-corrected chi connectivity index (χ4v) is 2.07. The summed E-state index contributed by atoms with van der Waals surface area (Å²) in [5.41, 5.74) is 2.94. The number of aromatic nitrogens is 2. The van der Waals surface area contributed by atoms with Gasteiger partial charge in [-0.25, -0.2) is 9.78 Å². The molecule has 0 spiro atoms. The number of imidazole rings is 1. The second-order valence-electron chi connectivity index (χ2n) is 4.61. The van der Waals surface area contributed by atoms with E-state index in [0.29, 0.717) is 12.4 Å². The maximum Gasteiger partial charge on any atom is 0.374 e. The number of fused-ring (bicyclic) bond motifs is 1. The molecule has 0 N–H and O–H groups in total. The van der Waals surface area contributed by atoms with Crippen LogP contribution in [0.2, 0.25) is 0 Å². The van der Waals surface area contributed by atoms with Gasteiger partial charge in [-0.15, -0.1) is 0 Å². The molecule has 2 aromatic rings. The smallest absolute Gasteiger partial charge is 0.374 e. The van der Waals surface area contributed by atoms with Gasteiger partial charge in [-0.2, -0.15) is 0 Å². The lowest BCUT2D eigenvalue weighted by Crippen LogP contribution is -2.14. The number of hydrogen-bond acceptors (Lipinski definition) is 3. The first-order chi connectivity index (χ1) is 8.54. The molecule has 18 heavy (non-hydrogen) atoms. The molecule has 4 heteroatoms. The summed E-state index contributed by atoms with van der Waals surface area (Å²) >= 11 is 0. The van der Waals surface area contributed by atoms with Crippen LogP contribution in [0.4, 0.5) is 0 Å². The van der Waals surface area contributed by atoms with Gasteiger partial charge in [-0.1, -0.05) is 6.07 Å². The van der Waals surface area contributed by atoms with Crippen molar-refractivity contribution in [3.63, 3.8) is 0 Å². The second-order valence-corrected chi connectivity index (χ2v) is 4.61. The molecular weight excluding hydrogens is 228 g/mol. The summed E-state index contributed by atoms with van der Waals surface area (Å²) in [5, 5.41) is 0. The van der Waals surface area contributed by atoms with E-state index in [-0.39, 0.29) is 12.0 Å². The fourth-order valence-electron chi connectivity index (χ4n) is 2.07. The standard InChI is InChI=1S/C14H18N2O2/c1-5-18-14(17)13-15-11-8-10(4)6-7-12(11)16(13)9(2)3/h6-9H,5H2,1-4H3. The summed E-state index contributed by atoms with van der Waals surface area (Å²) in [6, 6.07) is 6.17. The number of esters is 1. The van der Waals surface area contributed by atoms with Crippen LogP contribution in [0.25, 0.3) is 11.0 Å². The molecule has 0 atom stereocenters. The summed E-state index contributed by atoms with van der Waals surface area (Å²) in [6.45, 7) is 8.23. The molecule has 0 amide bonds. The first kappa shape index (κ1) is 12.6. The second kappa shape index (κ2) is 4.80. The van der Waals surface area contributed by atoms with Gasteiger partial charge in [-0.05, 0) is 45.4 Å². The number of rotatable bonds is 3. The van der Waals surface area contributed by atoms with Crippen molar-refractivity contribution in [1.29, 1.82) is 0 Å². The summed E-state index contributed by atoms with van der Waals surface area (Å²) in [7, 11) is 0. The van der Waals surface area contributed by atoms with Crippen LogP contribution in [-0.2, 0) is 4.74 Å². The first-order valence-corrected chi connectivity index (χ1v) is 6.20. The minimum absolute atomic E-state index is 0.164. The molecule has 96 valence electrons. The quantitative estimate of drug-likeness (QED) is 0.782. The minimum Gasteiger partial charge on any atom is -0.460 e. The van der Waals surface area contributed by atoms with E-state index in [9.17, 15) is 4.79 Å². The Morgan fingerprint density at radius 3 is 2.78 bits per heavy atom. The predicted octanol–water partition coefficient (Wildman–Crippen LogP) is 3.10. The zero-order chi connectivity index (χ0) is 13.3. The van der Waals surface area contributed by atoms with Gasteiger partial charge in [-0.3, -0.25) is 0 Å². The van der Waals surface area contributed by atoms with Crippen LogP contribution < -0.4 is 0 Å². The Kier molecular flexibility index (Phi) is 3.36. The van der Waals surface area contributed by atoms with Crippen molar-refractivity contribution in [2.45, 2.75) is 33.7 Å². The highest BCUT2D eigenvalue weighted by Crippen LogP contribution is 2.22. The molecule has 0 saturated carbocycles. The molecule has 0 aliphatic carbocycles. The third kappa shape index (κ3) is 2.10. The van der Waals surface area contributed by atoms with Gasteiger partial charge in [0.15, 0.2) is 0 Å². The lowest BCUT2D eigenvalue weighted by molar-refractivity contribution is 0.0505. The average molecular weight is 246 g/mol. The van der Waals surface area contributed by atoms with E-state index in [1.807, 2.05) is 43.5 Å². The Bertz CT molecular complexity index is 585. The molecule has 0 fully saturated rings. The van der Waals surface area contributed by atoms with Crippen LogP contribution in [0, 0.1) is 6.92 Å². The van der Waals surface area contributed by atoms with Gasteiger partial charge in [0.1, 0.15) is 0 Å². The van der Waals surface area contributed by atoms with Crippen molar-refractivity contribution in [1.82, 2.24) is 9.55 Å². The number of carbonyl (C=O) groups excluding carboxylic acids is 1. The Labute approximate surface area is 107 Å². The zero-order valence-electron chi connectivity index (χ0n) is 11.2. The highest BCUT2D eigenvalue weighted by molar-refractivity contribution is 5.91. The van der Waals surface area contributed by atoms with Crippen LogP contribution in [-0.4, -0.2) is 22.1 Å². The van der Waals surface area contributed by atoms with Crippen LogP contribution in [0.3, 0.4) is 0 Å². The van der Waals surface area contributed by atoms with Crippen molar-refractivity contribution in [3.05, 3.63) is 29.6 Å². The summed E-state index contributed by atoms with van der Waals surface area (Å²) in [4.78, 5) is 16.3. The molecule has 1 heterocycles. The molecule has 0 radical (unpaired) electrons. The molecule has 0 unspecified atom stereocenters. The summed E-state index contributed by atoms with van der Waals surface area (Å²) < 4.78 is 6.98. The van der Waals surface area contributed by atoms with Crippen molar-refractivity contribution >= 4 is 17.0 Å². The molecule has 4 nitrogen and oxygen atoms in total. The van der Waals surface area contributed by atoms with Crippen LogP contribution >= 0.6 is 0 Å². The van der Waals surface area contributed by atoms with E-state index in [1.54, 1.807) is 6.92 Å². The SMILES string of the molecule is CCOC(=O)c1nc2cc(C)ccc2n1C(C)C. The number of aryl methyl sites for hydroxylation is 1. The van der Waals surface area contributed by atoms with E-state index < -0.39 is 0 Å². The monoisotopic (exact) mass is 246 g/mol. The van der Waals surface area contributed by atoms with E-state index in [2.05, 4.69) is 4.98 Å². The number of nitrogens with zero attached hydrogens (tertiary/aromatic N) is 2. The largest absolute Gasteiger partial charge is 0.460 e. The van der Waals surface area contributed by atoms with E-state index in [0.717, 1.165) is 16.6 Å². The average Bonchev–Trinajstić information content (AvgIpc) is 2.67. The number of carbonyl (C=O) groups is 1. The lowest BCUT2D eigenvalue weighted by atomic mass is 10.2. The number of ether oxygens (including phenoxy) is 1. The van der Waals surface area contributed by atoms with Crippen molar-refractivity contribution in [2.75, 3.05) is 6.61 Å². The molecule has 1 aromatic heterocycles. The zero-order valence-corrected chi connectivity index (χ0v) is 11.2.